The van der Waals surface area contributed by atoms with E-state index in [9.17, 15) is 4.79 Å². The Hall–Kier alpha value is -0.650. The van der Waals surface area contributed by atoms with Gasteiger partial charge in [0.1, 0.15) is 0 Å². The van der Waals surface area contributed by atoms with E-state index in [4.69, 9.17) is 9.47 Å². The molecule has 5 nitrogen and oxygen atoms in total. The van der Waals surface area contributed by atoms with Crippen molar-refractivity contribution in [2.24, 2.45) is 0 Å². The van der Waals surface area contributed by atoms with Gasteiger partial charge in [0.15, 0.2) is 0 Å². The van der Waals surface area contributed by atoms with Crippen molar-refractivity contribution in [2.75, 3.05) is 46.6 Å². The van der Waals surface area contributed by atoms with Crippen molar-refractivity contribution in [3.8, 4) is 0 Å². The van der Waals surface area contributed by atoms with Crippen molar-refractivity contribution in [1.29, 1.82) is 0 Å². The zero-order valence-corrected chi connectivity index (χ0v) is 10.8. The van der Waals surface area contributed by atoms with E-state index in [2.05, 4.69) is 16.6 Å². The summed E-state index contributed by atoms with van der Waals surface area (Å²) in [5, 5.41) is 0. The third kappa shape index (κ3) is 6.00. The number of hydrogen-bond acceptors (Lipinski definition) is 5. The van der Waals surface area contributed by atoms with Crippen LogP contribution in [-0.4, -0.2) is 63.5 Å². The summed E-state index contributed by atoms with van der Waals surface area (Å²) in [4.78, 5) is 13.4. The van der Waals surface area contributed by atoms with Crippen LogP contribution in [0.1, 0.15) is 19.8 Å². The number of ether oxygens (including phenoxy) is 3. The average molecular weight is 245 g/mol. The van der Waals surface area contributed by atoms with E-state index in [-0.39, 0.29) is 12.1 Å². The molecule has 1 rings (SSSR count). The molecule has 0 N–H and O–H groups in total. The highest BCUT2D eigenvalue weighted by Gasteiger charge is 2.22. The van der Waals surface area contributed by atoms with Gasteiger partial charge in [-0.05, 0) is 6.42 Å². The Balaban J connectivity index is 2.17. The summed E-state index contributed by atoms with van der Waals surface area (Å²) in [5.74, 6) is -0.209. The summed E-state index contributed by atoms with van der Waals surface area (Å²) < 4.78 is 15.6. The molecule has 1 heterocycles. The van der Waals surface area contributed by atoms with E-state index in [1.165, 1.54) is 7.11 Å². The van der Waals surface area contributed by atoms with E-state index in [0.29, 0.717) is 13.0 Å². The van der Waals surface area contributed by atoms with E-state index in [0.717, 1.165) is 39.3 Å². The zero-order chi connectivity index (χ0) is 12.5. The molecule has 0 radical (unpaired) electrons. The lowest BCUT2D eigenvalue weighted by molar-refractivity contribution is -0.145. The third-order valence-corrected chi connectivity index (χ3v) is 2.75. The third-order valence-electron chi connectivity index (χ3n) is 2.75. The van der Waals surface area contributed by atoms with Gasteiger partial charge in [0.25, 0.3) is 0 Å². The summed E-state index contributed by atoms with van der Waals surface area (Å²) in [7, 11) is 1.40. The number of morpholine rings is 1. The van der Waals surface area contributed by atoms with Crippen LogP contribution in [-0.2, 0) is 19.0 Å². The first kappa shape index (κ1) is 14.4. The van der Waals surface area contributed by atoms with Crippen LogP contribution < -0.4 is 0 Å². The van der Waals surface area contributed by atoms with Crippen LogP contribution in [0.25, 0.3) is 0 Å². The highest BCUT2D eigenvalue weighted by molar-refractivity contribution is 5.69. The van der Waals surface area contributed by atoms with Gasteiger partial charge in [0.05, 0.1) is 32.8 Å². The zero-order valence-electron chi connectivity index (χ0n) is 10.8. The van der Waals surface area contributed by atoms with Crippen LogP contribution in [0.5, 0.6) is 0 Å². The number of nitrogens with zero attached hydrogens (tertiary/aromatic N) is 1. The Morgan fingerprint density at radius 2 is 2.29 bits per heavy atom. The molecule has 1 saturated heterocycles. The van der Waals surface area contributed by atoms with Gasteiger partial charge in [0, 0.05) is 26.2 Å². The Morgan fingerprint density at radius 3 is 3.00 bits per heavy atom. The average Bonchev–Trinajstić information content (AvgIpc) is 2.35. The van der Waals surface area contributed by atoms with Crippen molar-refractivity contribution in [3.63, 3.8) is 0 Å². The molecule has 5 heteroatoms. The molecule has 1 fully saturated rings. The quantitative estimate of drug-likeness (QED) is 0.487. The van der Waals surface area contributed by atoms with Crippen molar-refractivity contribution >= 4 is 5.97 Å². The molecule has 0 bridgehead atoms. The Morgan fingerprint density at radius 1 is 1.47 bits per heavy atom. The molecule has 1 unspecified atom stereocenters. The monoisotopic (exact) mass is 245 g/mol. The minimum Gasteiger partial charge on any atom is -0.469 e. The van der Waals surface area contributed by atoms with Crippen LogP contribution in [0.15, 0.2) is 0 Å². The highest BCUT2D eigenvalue weighted by atomic mass is 16.5. The number of carbonyl (C=O) groups is 1. The maximum atomic E-state index is 11.1. The molecule has 0 aromatic carbocycles. The second kappa shape index (κ2) is 8.44. The molecule has 1 aliphatic heterocycles. The molecular formula is C12H23NO4. The van der Waals surface area contributed by atoms with Gasteiger partial charge in [0.2, 0.25) is 0 Å². The summed E-state index contributed by atoms with van der Waals surface area (Å²) in [6.07, 6.45) is 1.35. The normalized spacial score (nSPS) is 21.4. The van der Waals surface area contributed by atoms with Crippen LogP contribution in [0.4, 0.5) is 0 Å². The van der Waals surface area contributed by atoms with Gasteiger partial charge in [-0.3, -0.25) is 9.69 Å². The molecule has 1 aliphatic rings. The highest BCUT2D eigenvalue weighted by Crippen LogP contribution is 2.09. The van der Waals surface area contributed by atoms with E-state index in [1.807, 2.05) is 0 Å². The molecule has 1 atom stereocenters. The standard InChI is InChI=1S/C12H23NO4/c1-3-6-16-7-4-13-5-8-17-11(10-13)9-12(14)15-2/h11H,3-10H2,1-2H3. The molecule has 0 saturated carbocycles. The molecule has 0 aromatic rings. The van der Waals surface area contributed by atoms with Gasteiger partial charge in [-0.15, -0.1) is 0 Å². The van der Waals surface area contributed by atoms with E-state index >= 15 is 0 Å². The number of carbonyl (C=O) groups excluding carboxylic acids is 1. The topological polar surface area (TPSA) is 48.0 Å². The first-order valence-corrected chi connectivity index (χ1v) is 6.24. The van der Waals surface area contributed by atoms with Gasteiger partial charge in [-0.2, -0.15) is 0 Å². The van der Waals surface area contributed by atoms with Crippen LogP contribution in [0, 0.1) is 0 Å². The molecule has 100 valence electrons. The van der Waals surface area contributed by atoms with Crippen LogP contribution in [0.2, 0.25) is 0 Å². The second-order valence-electron chi connectivity index (χ2n) is 4.19. The first-order chi connectivity index (χ1) is 8.26. The second-order valence-corrected chi connectivity index (χ2v) is 4.19. The largest absolute Gasteiger partial charge is 0.469 e. The lowest BCUT2D eigenvalue weighted by Crippen LogP contribution is -2.44. The summed E-state index contributed by atoms with van der Waals surface area (Å²) in [6, 6.07) is 0. The van der Waals surface area contributed by atoms with Gasteiger partial charge in [-0.25, -0.2) is 0 Å². The van der Waals surface area contributed by atoms with Gasteiger partial charge < -0.3 is 14.2 Å². The number of hydrogen-bond donors (Lipinski definition) is 0. The molecule has 0 aliphatic carbocycles. The number of rotatable bonds is 7. The fourth-order valence-electron chi connectivity index (χ4n) is 1.82. The molecule has 0 amide bonds. The van der Waals surface area contributed by atoms with Crippen LogP contribution in [0.3, 0.4) is 0 Å². The smallest absolute Gasteiger partial charge is 0.308 e. The predicted octanol–water partition coefficient (Wildman–Crippen LogP) is 0.677. The maximum Gasteiger partial charge on any atom is 0.308 e. The fraction of sp³-hybridized carbons (Fsp3) is 0.917. The maximum absolute atomic E-state index is 11.1. The minimum absolute atomic E-state index is 0.0395. The van der Waals surface area contributed by atoms with Crippen molar-refractivity contribution < 1.29 is 19.0 Å². The molecule has 0 spiro atoms. The SMILES string of the molecule is CCCOCCN1CCOC(CC(=O)OC)C1. The lowest BCUT2D eigenvalue weighted by Gasteiger charge is -2.32. The van der Waals surface area contributed by atoms with Crippen molar-refractivity contribution in [1.82, 2.24) is 4.90 Å². The van der Waals surface area contributed by atoms with Crippen molar-refractivity contribution in [2.45, 2.75) is 25.9 Å². The predicted molar refractivity (Wildman–Crippen MR) is 63.9 cm³/mol. The van der Waals surface area contributed by atoms with Gasteiger partial charge >= 0.3 is 5.97 Å². The Labute approximate surface area is 103 Å². The van der Waals surface area contributed by atoms with Crippen LogP contribution >= 0.6 is 0 Å². The van der Waals surface area contributed by atoms with Crippen molar-refractivity contribution in [3.05, 3.63) is 0 Å². The Kier molecular flexibility index (Phi) is 7.16. The molecule has 0 aromatic heterocycles. The summed E-state index contributed by atoms with van der Waals surface area (Å²) in [5.41, 5.74) is 0. The first-order valence-electron chi connectivity index (χ1n) is 6.24. The molecular weight excluding hydrogens is 222 g/mol. The van der Waals surface area contributed by atoms with E-state index < -0.39 is 0 Å². The number of methoxy groups -OCH3 is 1. The van der Waals surface area contributed by atoms with E-state index in [1.54, 1.807) is 0 Å². The molecule has 17 heavy (non-hydrogen) atoms. The summed E-state index contributed by atoms with van der Waals surface area (Å²) in [6.45, 7) is 6.93. The minimum atomic E-state index is -0.209. The fourth-order valence-corrected chi connectivity index (χ4v) is 1.82. The number of esters is 1. The lowest BCUT2D eigenvalue weighted by atomic mass is 10.2. The summed E-state index contributed by atoms with van der Waals surface area (Å²) >= 11 is 0. The Bertz CT molecular complexity index is 223. The van der Waals surface area contributed by atoms with Gasteiger partial charge in [-0.1, -0.05) is 6.92 Å².